The van der Waals surface area contributed by atoms with Crippen molar-refractivity contribution in [2.75, 3.05) is 18.0 Å². The van der Waals surface area contributed by atoms with E-state index in [2.05, 4.69) is 25.1 Å². The van der Waals surface area contributed by atoms with Gasteiger partial charge in [0.1, 0.15) is 11.6 Å². The first-order valence-electron chi connectivity index (χ1n) is 8.04. The summed E-state index contributed by atoms with van der Waals surface area (Å²) in [5.74, 6) is 2.44. The van der Waals surface area contributed by atoms with Crippen LogP contribution >= 0.6 is 11.3 Å². The summed E-state index contributed by atoms with van der Waals surface area (Å²) in [6.07, 6.45) is 4.41. The van der Waals surface area contributed by atoms with Crippen molar-refractivity contribution < 1.29 is 0 Å². The molecule has 0 spiro atoms. The summed E-state index contributed by atoms with van der Waals surface area (Å²) in [4.78, 5) is 12.3. The van der Waals surface area contributed by atoms with Crippen LogP contribution in [0.1, 0.15) is 30.2 Å². The van der Waals surface area contributed by atoms with Crippen LogP contribution in [0.15, 0.2) is 6.20 Å². The molecule has 3 aromatic rings. The van der Waals surface area contributed by atoms with Gasteiger partial charge in [0.05, 0.1) is 11.9 Å². The minimum absolute atomic E-state index is 0.585. The maximum Gasteiger partial charge on any atom is 0.214 e. The smallest absolute Gasteiger partial charge is 0.214 e. The van der Waals surface area contributed by atoms with Gasteiger partial charge < -0.3 is 4.90 Å². The van der Waals surface area contributed by atoms with Crippen LogP contribution in [0.5, 0.6) is 0 Å². The number of rotatable bonds is 3. The van der Waals surface area contributed by atoms with Crippen LogP contribution in [-0.2, 0) is 6.54 Å². The van der Waals surface area contributed by atoms with Crippen LogP contribution in [0.25, 0.3) is 4.96 Å². The maximum atomic E-state index is 4.68. The molecule has 1 aliphatic rings. The Balaban J connectivity index is 1.49. The molecule has 0 unspecified atom stereocenters. The fourth-order valence-corrected chi connectivity index (χ4v) is 4.26. The Kier molecular flexibility index (Phi) is 3.56. The molecule has 1 saturated heterocycles. The zero-order valence-corrected chi connectivity index (χ0v) is 14.5. The summed E-state index contributed by atoms with van der Waals surface area (Å²) < 4.78 is 3.94. The molecule has 23 heavy (non-hydrogen) atoms. The lowest BCUT2D eigenvalue weighted by Crippen LogP contribution is -2.37. The second kappa shape index (κ2) is 5.59. The molecule has 4 heterocycles. The zero-order valence-electron chi connectivity index (χ0n) is 13.7. The van der Waals surface area contributed by atoms with Gasteiger partial charge in [0.15, 0.2) is 0 Å². The van der Waals surface area contributed by atoms with Crippen molar-refractivity contribution >= 4 is 21.4 Å². The quantitative estimate of drug-likeness (QED) is 0.736. The van der Waals surface area contributed by atoms with Gasteiger partial charge in [-0.2, -0.15) is 5.10 Å². The normalized spacial score (nSPS) is 18.9. The molecular formula is C15H21N7S. The van der Waals surface area contributed by atoms with Crippen LogP contribution in [0.3, 0.4) is 0 Å². The molecule has 0 aromatic carbocycles. The summed E-state index contributed by atoms with van der Waals surface area (Å²) in [7, 11) is 0. The Labute approximate surface area is 139 Å². The van der Waals surface area contributed by atoms with E-state index in [1.807, 2.05) is 36.2 Å². The number of hydrogen-bond donors (Lipinski definition) is 0. The largest absolute Gasteiger partial charge is 0.346 e. The number of nitrogens with zero attached hydrogens (tertiary/aromatic N) is 7. The highest BCUT2D eigenvalue weighted by molar-refractivity contribution is 7.20. The van der Waals surface area contributed by atoms with Gasteiger partial charge >= 0.3 is 0 Å². The van der Waals surface area contributed by atoms with E-state index in [0.717, 1.165) is 47.1 Å². The lowest BCUT2D eigenvalue weighted by Gasteiger charge is -2.32. The van der Waals surface area contributed by atoms with Crippen molar-refractivity contribution in [2.24, 2.45) is 5.92 Å². The molecule has 0 N–H and O–H groups in total. The summed E-state index contributed by atoms with van der Waals surface area (Å²) in [6.45, 7) is 9.00. The molecule has 3 aromatic heterocycles. The number of anilines is 1. The van der Waals surface area contributed by atoms with Gasteiger partial charge in [-0.3, -0.25) is 0 Å². The van der Waals surface area contributed by atoms with E-state index in [9.17, 15) is 0 Å². The van der Waals surface area contributed by atoms with E-state index in [4.69, 9.17) is 0 Å². The van der Waals surface area contributed by atoms with E-state index >= 15 is 0 Å². The fourth-order valence-electron chi connectivity index (χ4n) is 3.29. The monoisotopic (exact) mass is 331 g/mol. The summed E-state index contributed by atoms with van der Waals surface area (Å²) in [5, 5.41) is 10.3. The first-order chi connectivity index (χ1) is 11.1. The number of imidazole rings is 1. The van der Waals surface area contributed by atoms with Crippen LogP contribution in [0.2, 0.25) is 0 Å². The molecule has 8 heteroatoms. The molecule has 1 atom stereocenters. The Hall–Kier alpha value is -1.96. The molecule has 0 bridgehead atoms. The Morgan fingerprint density at radius 1 is 1.22 bits per heavy atom. The van der Waals surface area contributed by atoms with Gasteiger partial charge in [-0.05, 0) is 39.5 Å². The predicted octanol–water partition coefficient (Wildman–Crippen LogP) is 2.22. The number of piperidine rings is 1. The van der Waals surface area contributed by atoms with Crippen LogP contribution < -0.4 is 4.90 Å². The number of hydrogen-bond acceptors (Lipinski definition) is 6. The summed E-state index contributed by atoms with van der Waals surface area (Å²) in [5.41, 5.74) is 1.02. The third-order valence-corrected chi connectivity index (χ3v) is 5.32. The van der Waals surface area contributed by atoms with E-state index < -0.39 is 0 Å². The molecule has 0 aliphatic carbocycles. The van der Waals surface area contributed by atoms with Gasteiger partial charge in [-0.15, -0.1) is 5.10 Å². The highest BCUT2D eigenvalue weighted by atomic mass is 32.1. The molecule has 0 radical (unpaired) electrons. The van der Waals surface area contributed by atoms with Gasteiger partial charge in [-0.25, -0.2) is 19.2 Å². The number of aromatic nitrogens is 6. The standard InChI is InChI=1S/C15H21N7S/c1-10-7-22-14(16-10)23-15(19-22)20-6-4-5-13(8-20)9-21-12(3)17-11(2)18-21/h7,13H,4-6,8-9H2,1-3H3/t13-/m0/s1. The van der Waals surface area contributed by atoms with E-state index in [1.165, 1.54) is 12.8 Å². The second-order valence-corrected chi connectivity index (χ2v) is 7.27. The van der Waals surface area contributed by atoms with Crippen molar-refractivity contribution in [3.8, 4) is 0 Å². The fraction of sp³-hybridized carbons (Fsp3) is 0.600. The van der Waals surface area contributed by atoms with Crippen molar-refractivity contribution in [2.45, 2.75) is 40.2 Å². The molecule has 4 rings (SSSR count). The first kappa shape index (κ1) is 14.6. The summed E-state index contributed by atoms with van der Waals surface area (Å²) >= 11 is 1.67. The van der Waals surface area contributed by atoms with Gasteiger partial charge in [0, 0.05) is 19.6 Å². The second-order valence-electron chi connectivity index (χ2n) is 6.34. The minimum Gasteiger partial charge on any atom is -0.346 e. The van der Waals surface area contributed by atoms with E-state index in [1.54, 1.807) is 11.3 Å². The Bertz CT molecular complexity index is 799. The number of fused-ring (bicyclic) bond motifs is 1. The van der Waals surface area contributed by atoms with Crippen molar-refractivity contribution in [3.63, 3.8) is 0 Å². The third-order valence-electron chi connectivity index (χ3n) is 4.34. The average molecular weight is 331 g/mol. The van der Waals surface area contributed by atoms with Gasteiger partial charge in [0.2, 0.25) is 10.1 Å². The molecule has 1 aliphatic heterocycles. The summed E-state index contributed by atoms with van der Waals surface area (Å²) in [6, 6.07) is 0. The number of aryl methyl sites for hydroxylation is 3. The highest BCUT2D eigenvalue weighted by Crippen LogP contribution is 2.28. The van der Waals surface area contributed by atoms with Crippen molar-refractivity contribution in [3.05, 3.63) is 23.5 Å². The van der Waals surface area contributed by atoms with Crippen LogP contribution in [-0.4, -0.2) is 42.5 Å². The van der Waals surface area contributed by atoms with Gasteiger partial charge in [0.25, 0.3) is 0 Å². The van der Waals surface area contributed by atoms with Crippen molar-refractivity contribution in [1.82, 2.24) is 29.4 Å². The molecule has 122 valence electrons. The Morgan fingerprint density at radius 2 is 2.09 bits per heavy atom. The van der Waals surface area contributed by atoms with E-state index in [0.29, 0.717) is 5.92 Å². The molecule has 1 fully saturated rings. The molecular weight excluding hydrogens is 310 g/mol. The van der Waals surface area contributed by atoms with Crippen LogP contribution in [0.4, 0.5) is 5.13 Å². The molecule has 0 amide bonds. The maximum absolute atomic E-state index is 4.68. The molecule has 0 saturated carbocycles. The SMILES string of the molecule is Cc1cn2nc(N3CCC[C@H](Cn4nc(C)nc4C)C3)sc2n1. The molecule has 7 nitrogen and oxygen atoms in total. The highest BCUT2D eigenvalue weighted by Gasteiger charge is 2.24. The lowest BCUT2D eigenvalue weighted by atomic mass is 9.98. The topological polar surface area (TPSA) is 64.1 Å². The zero-order chi connectivity index (χ0) is 16.0. The third kappa shape index (κ3) is 2.83. The minimum atomic E-state index is 0.585. The van der Waals surface area contributed by atoms with Crippen molar-refractivity contribution in [1.29, 1.82) is 0 Å². The predicted molar refractivity (Wildman–Crippen MR) is 90.0 cm³/mol. The average Bonchev–Trinajstić information content (AvgIpc) is 3.12. The Morgan fingerprint density at radius 3 is 2.83 bits per heavy atom. The first-order valence-corrected chi connectivity index (χ1v) is 8.86. The van der Waals surface area contributed by atoms with Gasteiger partial charge in [-0.1, -0.05) is 11.3 Å². The lowest BCUT2D eigenvalue weighted by molar-refractivity contribution is 0.347. The van der Waals surface area contributed by atoms with Crippen LogP contribution in [0, 0.1) is 26.7 Å². The van der Waals surface area contributed by atoms with E-state index in [-0.39, 0.29) is 0 Å².